The number of fused-ring (bicyclic) bond motifs is 1. The number of benzene rings is 2. The number of alkyl halides is 3. The maximum Gasteiger partial charge on any atom is 0.416 e. The lowest BCUT2D eigenvalue weighted by atomic mass is 10.1. The molecule has 37 heavy (non-hydrogen) atoms. The third-order valence-corrected chi connectivity index (χ3v) is 7.29. The van der Waals surface area contributed by atoms with Gasteiger partial charge in [0.1, 0.15) is 5.82 Å². The number of hydrogen-bond acceptors (Lipinski definition) is 7. The van der Waals surface area contributed by atoms with Crippen molar-refractivity contribution in [2.75, 3.05) is 41.7 Å². The van der Waals surface area contributed by atoms with Gasteiger partial charge in [-0.15, -0.1) is 16.4 Å². The summed E-state index contributed by atoms with van der Waals surface area (Å²) >= 11 is 1.56. The molecule has 0 aliphatic carbocycles. The quantitative estimate of drug-likeness (QED) is 0.338. The number of nitrogens with zero attached hydrogens (tertiary/aromatic N) is 6. The van der Waals surface area contributed by atoms with Crippen LogP contribution in [-0.2, 0) is 6.18 Å². The number of nitrogens with two attached hydrogens (primary N) is 1. The van der Waals surface area contributed by atoms with Crippen LogP contribution in [0.3, 0.4) is 0 Å². The summed E-state index contributed by atoms with van der Waals surface area (Å²) < 4.78 is 41.2. The van der Waals surface area contributed by atoms with Crippen molar-refractivity contribution in [3.63, 3.8) is 0 Å². The van der Waals surface area contributed by atoms with Crippen molar-refractivity contribution < 1.29 is 13.2 Å². The first-order valence-corrected chi connectivity index (χ1v) is 12.6. The van der Waals surface area contributed by atoms with E-state index in [4.69, 9.17) is 20.8 Å². The van der Waals surface area contributed by atoms with Gasteiger partial charge in [0.05, 0.1) is 27.2 Å². The van der Waals surface area contributed by atoms with Gasteiger partial charge in [0, 0.05) is 31.9 Å². The van der Waals surface area contributed by atoms with E-state index in [9.17, 15) is 13.2 Å². The van der Waals surface area contributed by atoms with Crippen molar-refractivity contribution in [3.05, 3.63) is 77.7 Å². The van der Waals surface area contributed by atoms with Gasteiger partial charge in [0.15, 0.2) is 5.65 Å². The van der Waals surface area contributed by atoms with Gasteiger partial charge in [0.2, 0.25) is 5.95 Å². The van der Waals surface area contributed by atoms with Crippen molar-refractivity contribution in [3.8, 4) is 16.3 Å². The van der Waals surface area contributed by atoms with Gasteiger partial charge < -0.3 is 15.5 Å². The van der Waals surface area contributed by atoms with Gasteiger partial charge in [0.25, 0.3) is 0 Å². The van der Waals surface area contributed by atoms with Crippen LogP contribution in [0.5, 0.6) is 0 Å². The molecule has 5 aromatic rings. The molecule has 0 radical (unpaired) electrons. The second kappa shape index (κ2) is 9.07. The zero-order valence-corrected chi connectivity index (χ0v) is 20.4. The number of halogens is 3. The molecular formula is C26H22F3N7S. The Balaban J connectivity index is 1.33. The van der Waals surface area contributed by atoms with Crippen LogP contribution in [-0.4, -0.2) is 45.9 Å². The number of anilines is 3. The Morgan fingerprint density at radius 3 is 2.24 bits per heavy atom. The van der Waals surface area contributed by atoms with Crippen LogP contribution >= 0.6 is 11.3 Å². The van der Waals surface area contributed by atoms with Crippen molar-refractivity contribution in [1.82, 2.24) is 19.7 Å². The molecule has 188 valence electrons. The molecule has 0 atom stereocenters. The molecule has 0 amide bonds. The molecule has 0 bridgehead atoms. The molecule has 2 aromatic carbocycles. The summed E-state index contributed by atoms with van der Waals surface area (Å²) in [5, 5.41) is 7.38. The highest BCUT2D eigenvalue weighted by atomic mass is 32.1. The number of para-hydroxylation sites is 1. The fourth-order valence-corrected chi connectivity index (χ4v) is 5.26. The zero-order valence-electron chi connectivity index (χ0n) is 19.6. The SMILES string of the molecule is Nc1c2c(-c3cccs3)nc(N3CCN(c4cccc(C(F)(F)F)c4)CC3)nc2nn1-c1ccccc1. The number of aromatic nitrogens is 4. The highest BCUT2D eigenvalue weighted by Gasteiger charge is 2.31. The molecular weight excluding hydrogens is 499 g/mol. The molecule has 4 heterocycles. The van der Waals surface area contributed by atoms with Crippen molar-refractivity contribution in [1.29, 1.82) is 0 Å². The normalized spacial score (nSPS) is 14.5. The molecule has 1 fully saturated rings. The van der Waals surface area contributed by atoms with Gasteiger partial charge in [-0.3, -0.25) is 0 Å². The van der Waals surface area contributed by atoms with Crippen LogP contribution in [0.2, 0.25) is 0 Å². The molecule has 0 unspecified atom stereocenters. The van der Waals surface area contributed by atoms with Crippen molar-refractivity contribution in [2.45, 2.75) is 6.18 Å². The van der Waals surface area contributed by atoms with Crippen LogP contribution in [0.25, 0.3) is 27.3 Å². The molecule has 3 aromatic heterocycles. The van der Waals surface area contributed by atoms with E-state index >= 15 is 0 Å². The minimum absolute atomic E-state index is 0.463. The van der Waals surface area contributed by atoms with Crippen LogP contribution in [0, 0.1) is 0 Å². The molecule has 1 saturated heterocycles. The smallest absolute Gasteiger partial charge is 0.383 e. The molecule has 6 rings (SSSR count). The average molecular weight is 522 g/mol. The molecule has 2 N–H and O–H groups in total. The first kappa shape index (κ1) is 23.3. The van der Waals surface area contributed by atoms with Gasteiger partial charge in [-0.05, 0) is 41.8 Å². The standard InChI is InChI=1S/C26H22F3N7S/c27-26(28,29)17-6-4-9-19(16-17)34-11-13-35(14-12-34)25-31-22(20-10-5-15-37-20)21-23(30)36(33-24(21)32-25)18-7-2-1-3-8-18/h1-10,15-16H,11-14,30H2. The van der Waals surface area contributed by atoms with E-state index in [0.717, 1.165) is 22.3 Å². The Morgan fingerprint density at radius 2 is 1.54 bits per heavy atom. The third kappa shape index (κ3) is 4.35. The molecule has 0 saturated carbocycles. The lowest BCUT2D eigenvalue weighted by Crippen LogP contribution is -2.47. The van der Waals surface area contributed by atoms with E-state index in [0.29, 0.717) is 54.7 Å². The maximum atomic E-state index is 13.2. The van der Waals surface area contributed by atoms with Crippen LogP contribution in [0.1, 0.15) is 5.56 Å². The topological polar surface area (TPSA) is 76.1 Å². The maximum absolute atomic E-state index is 13.2. The highest BCUT2D eigenvalue weighted by Crippen LogP contribution is 2.36. The molecule has 1 aliphatic rings. The highest BCUT2D eigenvalue weighted by molar-refractivity contribution is 7.13. The number of piperazine rings is 1. The van der Waals surface area contributed by atoms with E-state index in [1.807, 2.05) is 57.6 Å². The van der Waals surface area contributed by atoms with E-state index in [-0.39, 0.29) is 0 Å². The molecule has 7 nitrogen and oxygen atoms in total. The van der Waals surface area contributed by atoms with Crippen LogP contribution < -0.4 is 15.5 Å². The number of rotatable bonds is 4. The third-order valence-electron chi connectivity index (χ3n) is 6.41. The lowest BCUT2D eigenvalue weighted by Gasteiger charge is -2.36. The Bertz CT molecular complexity index is 1540. The van der Waals surface area contributed by atoms with Gasteiger partial charge >= 0.3 is 6.18 Å². The fraction of sp³-hybridized carbons (Fsp3) is 0.192. The van der Waals surface area contributed by atoms with Crippen molar-refractivity contribution >= 4 is 39.8 Å². The Labute approximate surface area is 214 Å². The molecule has 1 aliphatic heterocycles. The Kier molecular flexibility index (Phi) is 5.71. The summed E-state index contributed by atoms with van der Waals surface area (Å²) in [7, 11) is 0. The minimum Gasteiger partial charge on any atom is -0.383 e. The van der Waals surface area contributed by atoms with E-state index < -0.39 is 11.7 Å². The Morgan fingerprint density at radius 1 is 0.811 bits per heavy atom. The zero-order chi connectivity index (χ0) is 25.6. The van der Waals surface area contributed by atoms with Crippen LogP contribution in [0.15, 0.2) is 72.1 Å². The van der Waals surface area contributed by atoms with Gasteiger partial charge in [-0.25, -0.2) is 9.67 Å². The number of nitrogen functional groups attached to an aromatic ring is 1. The summed E-state index contributed by atoms with van der Waals surface area (Å²) in [6.45, 7) is 2.19. The average Bonchev–Trinajstić information content (AvgIpc) is 3.57. The van der Waals surface area contributed by atoms with Gasteiger partial charge in [-0.1, -0.05) is 30.3 Å². The lowest BCUT2D eigenvalue weighted by molar-refractivity contribution is -0.137. The summed E-state index contributed by atoms with van der Waals surface area (Å²) in [6.07, 6.45) is -4.37. The minimum atomic E-state index is -4.37. The van der Waals surface area contributed by atoms with Crippen LogP contribution in [0.4, 0.5) is 30.6 Å². The van der Waals surface area contributed by atoms with Gasteiger partial charge in [-0.2, -0.15) is 18.2 Å². The predicted molar refractivity (Wildman–Crippen MR) is 140 cm³/mol. The second-order valence-electron chi connectivity index (χ2n) is 8.70. The largest absolute Gasteiger partial charge is 0.416 e. The number of hydrogen-bond donors (Lipinski definition) is 1. The van der Waals surface area contributed by atoms with E-state index in [1.165, 1.54) is 12.1 Å². The van der Waals surface area contributed by atoms with Crippen molar-refractivity contribution in [2.24, 2.45) is 0 Å². The fourth-order valence-electron chi connectivity index (χ4n) is 4.54. The van der Waals surface area contributed by atoms with E-state index in [1.54, 1.807) is 22.1 Å². The summed E-state index contributed by atoms with van der Waals surface area (Å²) in [5.41, 5.74) is 8.50. The number of thiophene rings is 1. The monoisotopic (exact) mass is 521 g/mol. The summed E-state index contributed by atoms with van der Waals surface area (Å²) in [6, 6.07) is 19.0. The summed E-state index contributed by atoms with van der Waals surface area (Å²) in [4.78, 5) is 14.6. The Hall–Kier alpha value is -4.12. The molecule has 0 spiro atoms. The van der Waals surface area contributed by atoms with E-state index in [2.05, 4.69) is 0 Å². The first-order valence-electron chi connectivity index (χ1n) is 11.7. The predicted octanol–water partition coefficient (Wildman–Crippen LogP) is 5.47. The summed E-state index contributed by atoms with van der Waals surface area (Å²) in [5.74, 6) is 0.989. The first-order chi connectivity index (χ1) is 17.9. The second-order valence-corrected chi connectivity index (χ2v) is 9.65. The molecule has 11 heteroatoms.